The Labute approximate surface area is 181 Å². The van der Waals surface area contributed by atoms with E-state index >= 15 is 0 Å². The fraction of sp³-hybridized carbons (Fsp3) is 0.450. The summed E-state index contributed by atoms with van der Waals surface area (Å²) in [5, 5.41) is 3.63. The molecule has 0 radical (unpaired) electrons. The van der Waals surface area contributed by atoms with Crippen LogP contribution in [0.5, 0.6) is 0 Å². The molecule has 0 fully saturated rings. The van der Waals surface area contributed by atoms with Crippen LogP contribution in [-0.2, 0) is 16.1 Å². The van der Waals surface area contributed by atoms with Gasteiger partial charge in [0.25, 0.3) is 0 Å². The molecule has 0 saturated heterocycles. The predicted octanol–water partition coefficient (Wildman–Crippen LogP) is 2.55. The van der Waals surface area contributed by atoms with Crippen LogP contribution >= 0.6 is 23.4 Å². The summed E-state index contributed by atoms with van der Waals surface area (Å²) in [5.41, 5.74) is 1.19. The van der Waals surface area contributed by atoms with Crippen molar-refractivity contribution in [2.24, 2.45) is 0 Å². The van der Waals surface area contributed by atoms with E-state index in [4.69, 9.17) is 16.3 Å². The zero-order chi connectivity index (χ0) is 21.1. The molecule has 0 atom stereocenters. The van der Waals surface area contributed by atoms with E-state index in [2.05, 4.69) is 37.2 Å². The first-order chi connectivity index (χ1) is 14.0. The van der Waals surface area contributed by atoms with Gasteiger partial charge in [-0.1, -0.05) is 53.7 Å². The van der Waals surface area contributed by atoms with E-state index in [-0.39, 0.29) is 11.7 Å². The Balaban J connectivity index is 2.10. The second-order valence-electron chi connectivity index (χ2n) is 6.67. The average Bonchev–Trinajstić information content (AvgIpc) is 2.70. The van der Waals surface area contributed by atoms with Gasteiger partial charge in [-0.15, -0.1) is 0 Å². The Morgan fingerprint density at radius 1 is 1.21 bits per heavy atom. The standard InChI is InChI=1S/C20H28ClN5O2S/c1-25(2)10-11-26(14-16-7-5-4-6-8-16)18-13-17(21)23-20(24-18)29-15-19(27)22-9-12-28-3/h4-8,13H,9-12,14-15H2,1-3H3,(H,22,27). The predicted molar refractivity (Wildman–Crippen MR) is 119 cm³/mol. The van der Waals surface area contributed by atoms with E-state index in [1.54, 1.807) is 13.2 Å². The molecular formula is C20H28ClN5O2S. The smallest absolute Gasteiger partial charge is 0.230 e. The molecule has 0 aliphatic heterocycles. The third-order valence-corrected chi connectivity index (χ3v) is 5.02. The molecule has 1 aromatic carbocycles. The molecular weight excluding hydrogens is 410 g/mol. The summed E-state index contributed by atoms with van der Waals surface area (Å²) >= 11 is 7.53. The number of halogens is 1. The minimum Gasteiger partial charge on any atom is -0.383 e. The number of methoxy groups -OCH3 is 1. The number of rotatable bonds is 12. The highest BCUT2D eigenvalue weighted by Crippen LogP contribution is 2.23. The first-order valence-corrected chi connectivity index (χ1v) is 10.7. The van der Waals surface area contributed by atoms with Gasteiger partial charge in [-0.3, -0.25) is 4.79 Å². The number of likely N-dealkylation sites (N-methyl/N-ethyl adjacent to an activating group) is 1. The number of carbonyl (C=O) groups is 1. The van der Waals surface area contributed by atoms with Gasteiger partial charge in [0.1, 0.15) is 11.0 Å². The van der Waals surface area contributed by atoms with Crippen LogP contribution in [0.25, 0.3) is 0 Å². The molecule has 0 aliphatic rings. The maximum absolute atomic E-state index is 11.9. The largest absolute Gasteiger partial charge is 0.383 e. The van der Waals surface area contributed by atoms with Crippen molar-refractivity contribution in [1.29, 1.82) is 0 Å². The van der Waals surface area contributed by atoms with E-state index in [0.29, 0.717) is 30.0 Å². The molecule has 1 heterocycles. The summed E-state index contributed by atoms with van der Waals surface area (Å²) in [6, 6.07) is 12.0. The third kappa shape index (κ3) is 8.99. The SMILES string of the molecule is COCCNC(=O)CSc1nc(Cl)cc(N(CCN(C)C)Cc2ccccc2)n1. The highest BCUT2D eigenvalue weighted by molar-refractivity contribution is 7.99. The zero-order valence-corrected chi connectivity index (χ0v) is 18.7. The Morgan fingerprint density at radius 2 is 1.97 bits per heavy atom. The fourth-order valence-electron chi connectivity index (χ4n) is 2.48. The summed E-state index contributed by atoms with van der Waals surface area (Å²) in [5.74, 6) is 0.879. The van der Waals surface area contributed by atoms with Crippen molar-refractivity contribution in [3.05, 3.63) is 47.1 Å². The Morgan fingerprint density at radius 3 is 2.66 bits per heavy atom. The number of aromatic nitrogens is 2. The number of nitrogens with zero attached hydrogens (tertiary/aromatic N) is 4. The summed E-state index contributed by atoms with van der Waals surface area (Å²) in [4.78, 5) is 25.1. The summed E-state index contributed by atoms with van der Waals surface area (Å²) in [7, 11) is 5.67. The van der Waals surface area contributed by atoms with E-state index in [9.17, 15) is 4.79 Å². The molecule has 158 valence electrons. The van der Waals surface area contributed by atoms with E-state index in [1.165, 1.54) is 17.3 Å². The Hall–Kier alpha value is -1.87. The van der Waals surface area contributed by atoms with Crippen LogP contribution in [0.1, 0.15) is 5.56 Å². The molecule has 0 bridgehead atoms. The maximum Gasteiger partial charge on any atom is 0.230 e. The van der Waals surface area contributed by atoms with Gasteiger partial charge in [0.2, 0.25) is 5.91 Å². The molecule has 2 rings (SSSR count). The molecule has 7 nitrogen and oxygen atoms in total. The molecule has 0 spiro atoms. The highest BCUT2D eigenvalue weighted by Gasteiger charge is 2.14. The van der Waals surface area contributed by atoms with Gasteiger partial charge in [-0.05, 0) is 19.7 Å². The second kappa shape index (κ2) is 12.6. The zero-order valence-electron chi connectivity index (χ0n) is 17.1. The number of hydrogen-bond donors (Lipinski definition) is 1. The average molecular weight is 438 g/mol. The van der Waals surface area contributed by atoms with Crippen LogP contribution in [0, 0.1) is 0 Å². The number of carbonyl (C=O) groups excluding carboxylic acids is 1. The molecule has 0 aliphatic carbocycles. The van der Waals surface area contributed by atoms with Gasteiger partial charge < -0.3 is 19.9 Å². The van der Waals surface area contributed by atoms with E-state index in [0.717, 1.165) is 18.9 Å². The van der Waals surface area contributed by atoms with Crippen LogP contribution in [-0.4, -0.2) is 74.0 Å². The number of hydrogen-bond acceptors (Lipinski definition) is 7. The number of anilines is 1. The topological polar surface area (TPSA) is 70.6 Å². The lowest BCUT2D eigenvalue weighted by molar-refractivity contribution is -0.118. The molecule has 9 heteroatoms. The lowest BCUT2D eigenvalue weighted by Crippen LogP contribution is -2.32. The van der Waals surface area contributed by atoms with Gasteiger partial charge in [-0.25, -0.2) is 9.97 Å². The minimum absolute atomic E-state index is 0.0917. The van der Waals surface area contributed by atoms with Crippen molar-refractivity contribution < 1.29 is 9.53 Å². The molecule has 1 amide bonds. The first-order valence-electron chi connectivity index (χ1n) is 9.34. The van der Waals surface area contributed by atoms with Crippen molar-refractivity contribution >= 4 is 35.1 Å². The number of amides is 1. The Kier molecular flexibility index (Phi) is 10.2. The molecule has 1 aromatic heterocycles. The van der Waals surface area contributed by atoms with Gasteiger partial charge in [0, 0.05) is 39.4 Å². The summed E-state index contributed by atoms with van der Waals surface area (Å²) in [6.07, 6.45) is 0. The Bertz CT molecular complexity index is 764. The summed E-state index contributed by atoms with van der Waals surface area (Å²) in [6.45, 7) is 3.33. The number of thioether (sulfide) groups is 1. The van der Waals surface area contributed by atoms with Gasteiger partial charge >= 0.3 is 0 Å². The molecule has 1 N–H and O–H groups in total. The molecule has 0 saturated carbocycles. The lowest BCUT2D eigenvalue weighted by Gasteiger charge is -2.26. The van der Waals surface area contributed by atoms with E-state index in [1.807, 2.05) is 32.3 Å². The normalized spacial score (nSPS) is 10.9. The monoisotopic (exact) mass is 437 g/mol. The van der Waals surface area contributed by atoms with Crippen LogP contribution in [0.4, 0.5) is 5.82 Å². The minimum atomic E-state index is -0.0917. The summed E-state index contributed by atoms with van der Waals surface area (Å²) < 4.78 is 4.93. The number of benzene rings is 1. The fourth-order valence-corrected chi connectivity index (χ4v) is 3.40. The van der Waals surface area contributed by atoms with Gasteiger partial charge in [0.05, 0.1) is 12.4 Å². The molecule has 2 aromatic rings. The number of ether oxygens (including phenoxy) is 1. The van der Waals surface area contributed by atoms with Crippen LogP contribution in [0.15, 0.2) is 41.6 Å². The highest BCUT2D eigenvalue weighted by atomic mass is 35.5. The van der Waals surface area contributed by atoms with Crippen molar-refractivity contribution in [1.82, 2.24) is 20.2 Å². The van der Waals surface area contributed by atoms with Crippen molar-refractivity contribution in [3.63, 3.8) is 0 Å². The van der Waals surface area contributed by atoms with Crippen LogP contribution < -0.4 is 10.2 Å². The van der Waals surface area contributed by atoms with Gasteiger partial charge in [0.15, 0.2) is 5.16 Å². The lowest BCUT2D eigenvalue weighted by atomic mass is 10.2. The molecule has 0 unspecified atom stereocenters. The maximum atomic E-state index is 11.9. The third-order valence-electron chi connectivity index (χ3n) is 3.98. The van der Waals surface area contributed by atoms with Gasteiger partial charge in [-0.2, -0.15) is 0 Å². The van der Waals surface area contributed by atoms with Crippen molar-refractivity contribution in [2.75, 3.05) is 58.1 Å². The second-order valence-corrected chi connectivity index (χ2v) is 8.00. The van der Waals surface area contributed by atoms with Crippen LogP contribution in [0.3, 0.4) is 0 Å². The van der Waals surface area contributed by atoms with E-state index < -0.39 is 0 Å². The first kappa shape index (κ1) is 23.4. The molecule has 29 heavy (non-hydrogen) atoms. The van der Waals surface area contributed by atoms with Crippen molar-refractivity contribution in [3.8, 4) is 0 Å². The number of nitrogens with one attached hydrogen (secondary N) is 1. The quantitative estimate of drug-likeness (QED) is 0.237. The van der Waals surface area contributed by atoms with Crippen LogP contribution in [0.2, 0.25) is 5.15 Å². The van der Waals surface area contributed by atoms with Crippen molar-refractivity contribution in [2.45, 2.75) is 11.7 Å².